The maximum absolute atomic E-state index is 11.7. The molecule has 1 aromatic carbocycles. The fourth-order valence-electron chi connectivity index (χ4n) is 1.57. The van der Waals surface area contributed by atoms with E-state index in [1.54, 1.807) is 13.0 Å². The molecule has 5 nitrogen and oxygen atoms in total. The van der Waals surface area contributed by atoms with E-state index in [-0.39, 0.29) is 43.6 Å². The first-order valence-electron chi connectivity index (χ1n) is 5.23. The SMILES string of the molecule is COC(=O)c1ccc(C(=O)CCN)c(N)c1C.Cl.Cl. The van der Waals surface area contributed by atoms with E-state index in [4.69, 9.17) is 11.5 Å². The average Bonchev–Trinajstić information content (AvgIpc) is 2.31. The number of ether oxygens (including phenoxy) is 1. The molecule has 1 rings (SSSR count). The van der Waals surface area contributed by atoms with Crippen LogP contribution < -0.4 is 11.5 Å². The van der Waals surface area contributed by atoms with E-state index in [2.05, 4.69) is 4.74 Å². The zero-order chi connectivity index (χ0) is 13.0. The summed E-state index contributed by atoms with van der Waals surface area (Å²) in [6, 6.07) is 3.08. The van der Waals surface area contributed by atoms with Crippen LogP contribution in [0.1, 0.15) is 32.7 Å². The fraction of sp³-hybridized carbons (Fsp3) is 0.333. The number of esters is 1. The Labute approximate surface area is 124 Å². The Morgan fingerprint density at radius 1 is 1.21 bits per heavy atom. The smallest absolute Gasteiger partial charge is 0.338 e. The van der Waals surface area contributed by atoms with Crippen LogP contribution in [0.4, 0.5) is 5.69 Å². The molecule has 0 bridgehead atoms. The van der Waals surface area contributed by atoms with E-state index in [1.807, 2.05) is 0 Å². The normalized spacial score (nSPS) is 9.00. The van der Waals surface area contributed by atoms with Gasteiger partial charge in [0.25, 0.3) is 0 Å². The summed E-state index contributed by atoms with van der Waals surface area (Å²) in [5.74, 6) is -0.587. The summed E-state index contributed by atoms with van der Waals surface area (Å²) in [5, 5.41) is 0. The number of carbonyl (C=O) groups is 2. The highest BCUT2D eigenvalue weighted by Crippen LogP contribution is 2.22. The maximum atomic E-state index is 11.7. The van der Waals surface area contributed by atoms with Crippen LogP contribution in [0.3, 0.4) is 0 Å². The predicted molar refractivity (Wildman–Crippen MR) is 79.4 cm³/mol. The van der Waals surface area contributed by atoms with Gasteiger partial charge in [-0.25, -0.2) is 4.79 Å². The van der Waals surface area contributed by atoms with Crippen LogP contribution in [0, 0.1) is 6.92 Å². The molecule has 7 heteroatoms. The first-order chi connectivity index (χ1) is 8.02. The Kier molecular flexibility index (Phi) is 9.21. The number of hydrogen-bond donors (Lipinski definition) is 2. The van der Waals surface area contributed by atoms with Crippen LogP contribution in [0.25, 0.3) is 0 Å². The first-order valence-corrected chi connectivity index (χ1v) is 5.23. The lowest BCUT2D eigenvalue weighted by Gasteiger charge is -2.10. The molecule has 0 unspecified atom stereocenters. The Morgan fingerprint density at radius 3 is 2.21 bits per heavy atom. The molecule has 19 heavy (non-hydrogen) atoms. The van der Waals surface area contributed by atoms with E-state index in [0.29, 0.717) is 22.4 Å². The van der Waals surface area contributed by atoms with E-state index in [9.17, 15) is 9.59 Å². The van der Waals surface area contributed by atoms with Gasteiger partial charge in [0.1, 0.15) is 0 Å². The predicted octanol–water partition coefficient (Wildman–Crippen LogP) is 1.74. The standard InChI is InChI=1S/C12H16N2O3.2ClH/c1-7-8(12(16)17-2)3-4-9(11(7)14)10(15)5-6-13;;/h3-4H,5-6,13-14H2,1-2H3;2*1H. The number of nitrogen functional groups attached to an aromatic ring is 1. The Morgan fingerprint density at radius 2 is 1.74 bits per heavy atom. The molecule has 1 aromatic rings. The number of nitrogens with two attached hydrogens (primary N) is 2. The zero-order valence-electron chi connectivity index (χ0n) is 10.8. The van der Waals surface area contributed by atoms with Crippen molar-refractivity contribution in [1.82, 2.24) is 0 Å². The van der Waals surface area contributed by atoms with Crippen molar-refractivity contribution in [3.05, 3.63) is 28.8 Å². The highest BCUT2D eigenvalue weighted by atomic mass is 35.5. The van der Waals surface area contributed by atoms with Crippen molar-refractivity contribution in [3.63, 3.8) is 0 Å². The molecule has 4 N–H and O–H groups in total. The Balaban J connectivity index is 0. The topological polar surface area (TPSA) is 95.4 Å². The van der Waals surface area contributed by atoms with Crippen molar-refractivity contribution in [2.24, 2.45) is 5.73 Å². The van der Waals surface area contributed by atoms with Gasteiger partial charge in [-0.05, 0) is 31.2 Å². The lowest BCUT2D eigenvalue weighted by molar-refractivity contribution is 0.0599. The number of benzene rings is 1. The maximum Gasteiger partial charge on any atom is 0.338 e. The van der Waals surface area contributed by atoms with Crippen molar-refractivity contribution >= 4 is 42.3 Å². The van der Waals surface area contributed by atoms with Crippen molar-refractivity contribution < 1.29 is 14.3 Å². The highest BCUT2D eigenvalue weighted by molar-refractivity contribution is 6.03. The van der Waals surface area contributed by atoms with Gasteiger partial charge in [0.15, 0.2) is 5.78 Å². The average molecular weight is 309 g/mol. The number of rotatable bonds is 4. The lowest BCUT2D eigenvalue weighted by Crippen LogP contribution is -2.13. The summed E-state index contributed by atoms with van der Waals surface area (Å²) in [4.78, 5) is 23.1. The Bertz CT molecular complexity index is 465. The molecule has 108 valence electrons. The van der Waals surface area contributed by atoms with Gasteiger partial charge in [0.05, 0.1) is 12.7 Å². The Hall–Kier alpha value is -1.30. The van der Waals surface area contributed by atoms with E-state index in [0.717, 1.165) is 0 Å². The van der Waals surface area contributed by atoms with E-state index in [1.165, 1.54) is 13.2 Å². The molecular formula is C12H18Cl2N2O3. The number of Topliss-reactive ketones (excluding diaryl/α,β-unsaturated/α-hetero) is 1. The summed E-state index contributed by atoms with van der Waals surface area (Å²) in [6.07, 6.45) is 0.237. The van der Waals surface area contributed by atoms with Crippen LogP contribution in [-0.2, 0) is 4.74 Å². The number of halogens is 2. The monoisotopic (exact) mass is 308 g/mol. The summed E-state index contributed by atoms with van der Waals surface area (Å²) in [5.41, 5.74) is 12.8. The molecule has 0 aliphatic heterocycles. The third-order valence-electron chi connectivity index (χ3n) is 2.59. The van der Waals surface area contributed by atoms with Crippen molar-refractivity contribution in [2.45, 2.75) is 13.3 Å². The number of ketones is 1. The van der Waals surface area contributed by atoms with Crippen molar-refractivity contribution in [1.29, 1.82) is 0 Å². The molecule has 0 atom stereocenters. The van der Waals surface area contributed by atoms with Crippen LogP contribution in [-0.4, -0.2) is 25.4 Å². The third kappa shape index (κ3) is 4.38. The summed E-state index contributed by atoms with van der Waals surface area (Å²) in [6.45, 7) is 1.96. The highest BCUT2D eigenvalue weighted by Gasteiger charge is 2.16. The fourth-order valence-corrected chi connectivity index (χ4v) is 1.57. The lowest BCUT2D eigenvalue weighted by atomic mass is 9.98. The minimum Gasteiger partial charge on any atom is -0.465 e. The van der Waals surface area contributed by atoms with Gasteiger partial charge in [0.2, 0.25) is 0 Å². The van der Waals surface area contributed by atoms with E-state index >= 15 is 0 Å². The summed E-state index contributed by atoms with van der Waals surface area (Å²) >= 11 is 0. The molecule has 0 aliphatic carbocycles. The van der Waals surface area contributed by atoms with Crippen molar-refractivity contribution in [2.75, 3.05) is 19.4 Å². The zero-order valence-corrected chi connectivity index (χ0v) is 12.4. The quantitative estimate of drug-likeness (QED) is 0.502. The van der Waals surface area contributed by atoms with Gasteiger partial charge in [-0.2, -0.15) is 0 Å². The van der Waals surface area contributed by atoms with Crippen LogP contribution in [0.15, 0.2) is 12.1 Å². The molecule has 0 radical (unpaired) electrons. The van der Waals surface area contributed by atoms with Gasteiger partial charge in [-0.3, -0.25) is 4.79 Å². The van der Waals surface area contributed by atoms with Crippen LogP contribution in [0.5, 0.6) is 0 Å². The molecule has 0 saturated carbocycles. The second-order valence-corrected chi connectivity index (χ2v) is 3.65. The molecule has 0 fully saturated rings. The molecule has 0 amide bonds. The molecule has 0 aliphatic rings. The van der Waals surface area contributed by atoms with Gasteiger partial charge < -0.3 is 16.2 Å². The number of hydrogen-bond acceptors (Lipinski definition) is 5. The molecular weight excluding hydrogens is 291 g/mol. The summed E-state index contributed by atoms with van der Waals surface area (Å²) < 4.78 is 4.62. The number of anilines is 1. The van der Waals surface area contributed by atoms with Gasteiger partial charge in [0, 0.05) is 17.7 Å². The second-order valence-electron chi connectivity index (χ2n) is 3.65. The van der Waals surface area contributed by atoms with Crippen LogP contribution in [0.2, 0.25) is 0 Å². The summed E-state index contributed by atoms with van der Waals surface area (Å²) in [7, 11) is 1.30. The molecule has 0 aromatic heterocycles. The van der Waals surface area contributed by atoms with Gasteiger partial charge in [-0.1, -0.05) is 0 Å². The largest absolute Gasteiger partial charge is 0.465 e. The second kappa shape index (κ2) is 8.74. The van der Waals surface area contributed by atoms with Crippen molar-refractivity contribution in [3.8, 4) is 0 Å². The third-order valence-corrected chi connectivity index (χ3v) is 2.59. The van der Waals surface area contributed by atoms with Crippen LogP contribution >= 0.6 is 24.8 Å². The number of carbonyl (C=O) groups excluding carboxylic acids is 2. The first kappa shape index (κ1) is 20.0. The number of methoxy groups -OCH3 is 1. The minimum absolute atomic E-state index is 0. The molecule has 0 spiro atoms. The minimum atomic E-state index is -0.466. The molecule has 0 heterocycles. The van der Waals surface area contributed by atoms with Gasteiger partial charge in [-0.15, -0.1) is 24.8 Å². The van der Waals surface area contributed by atoms with Gasteiger partial charge >= 0.3 is 5.97 Å². The van der Waals surface area contributed by atoms with E-state index < -0.39 is 5.97 Å². The molecule has 0 saturated heterocycles.